The second kappa shape index (κ2) is 12.2. The average Bonchev–Trinajstić information content (AvgIpc) is 2.19. The molecule has 6 heteroatoms. The van der Waals surface area contributed by atoms with Gasteiger partial charge in [-0.15, -0.1) is 0 Å². The number of hydrogen-bond donors (Lipinski definition) is 3. The highest BCUT2D eigenvalue weighted by Gasteiger charge is 2.04. The van der Waals surface area contributed by atoms with Crippen LogP contribution in [0, 0.1) is 0 Å². The van der Waals surface area contributed by atoms with Gasteiger partial charge in [0.2, 0.25) is 0 Å². The van der Waals surface area contributed by atoms with Crippen molar-refractivity contribution in [1.29, 1.82) is 0 Å². The van der Waals surface area contributed by atoms with Gasteiger partial charge in [-0.25, -0.2) is 4.79 Å². The quantitative estimate of drug-likeness (QED) is 0.531. The summed E-state index contributed by atoms with van der Waals surface area (Å²) in [4.78, 5) is 13.0. The van der Waals surface area contributed by atoms with Gasteiger partial charge in [0, 0.05) is 39.3 Å². The molecular formula is C10H26N4O2. The Balaban J connectivity index is 0. The van der Waals surface area contributed by atoms with Crippen LogP contribution in [-0.4, -0.2) is 56.9 Å². The van der Waals surface area contributed by atoms with E-state index in [0.29, 0.717) is 26.2 Å². The summed E-state index contributed by atoms with van der Waals surface area (Å²) in [7, 11) is 0. The molecule has 0 aromatic heterocycles. The smallest absolute Gasteiger partial charge is 0.407 e. The van der Waals surface area contributed by atoms with Gasteiger partial charge < -0.3 is 21.5 Å². The third-order valence-corrected chi connectivity index (χ3v) is 1.86. The molecule has 0 spiro atoms. The van der Waals surface area contributed by atoms with E-state index in [1.165, 1.54) is 0 Å². The monoisotopic (exact) mass is 234 g/mol. The van der Waals surface area contributed by atoms with E-state index in [9.17, 15) is 4.79 Å². The van der Waals surface area contributed by atoms with Gasteiger partial charge in [-0.05, 0) is 6.92 Å². The molecule has 0 unspecified atom stereocenters. The number of alkyl carbamates (subject to hydrolysis) is 1. The number of nitrogens with zero attached hydrogens (tertiary/aromatic N) is 1. The summed E-state index contributed by atoms with van der Waals surface area (Å²) >= 11 is 0. The maximum absolute atomic E-state index is 10.9. The fourth-order valence-corrected chi connectivity index (χ4v) is 1.20. The highest BCUT2D eigenvalue weighted by atomic mass is 16.5. The fraction of sp³-hybridized carbons (Fsp3) is 0.900. The van der Waals surface area contributed by atoms with Gasteiger partial charge in [0.15, 0.2) is 0 Å². The largest absolute Gasteiger partial charge is 0.450 e. The Morgan fingerprint density at radius 3 is 2.25 bits per heavy atom. The van der Waals surface area contributed by atoms with Crippen LogP contribution in [0.15, 0.2) is 0 Å². The zero-order chi connectivity index (χ0) is 11.5. The standard InChI is InChI=1S/C9H22N4O2.CH4/c1-2-15-9(14)12-5-8-13(6-3-10)7-4-11;/h2-8,10-11H2,1H3,(H,12,14);1H4. The molecule has 0 fully saturated rings. The molecule has 0 aromatic rings. The number of amides is 1. The summed E-state index contributed by atoms with van der Waals surface area (Å²) in [5, 5.41) is 2.65. The number of nitrogens with two attached hydrogens (primary N) is 2. The van der Waals surface area contributed by atoms with E-state index in [4.69, 9.17) is 16.2 Å². The lowest BCUT2D eigenvalue weighted by molar-refractivity contribution is 0.150. The predicted molar refractivity (Wildman–Crippen MR) is 66.3 cm³/mol. The van der Waals surface area contributed by atoms with E-state index in [-0.39, 0.29) is 13.5 Å². The second-order valence-electron chi connectivity index (χ2n) is 3.07. The van der Waals surface area contributed by atoms with Gasteiger partial charge in [-0.2, -0.15) is 0 Å². The van der Waals surface area contributed by atoms with Crippen LogP contribution < -0.4 is 16.8 Å². The Bertz CT molecular complexity index is 161. The number of carbonyl (C=O) groups is 1. The SMILES string of the molecule is C.CCOC(=O)NCCN(CCN)CCN. The van der Waals surface area contributed by atoms with E-state index < -0.39 is 0 Å². The molecule has 0 heterocycles. The van der Waals surface area contributed by atoms with E-state index in [2.05, 4.69) is 10.2 Å². The highest BCUT2D eigenvalue weighted by molar-refractivity contribution is 5.66. The maximum Gasteiger partial charge on any atom is 0.407 e. The molecular weight excluding hydrogens is 208 g/mol. The van der Waals surface area contributed by atoms with E-state index >= 15 is 0 Å². The minimum Gasteiger partial charge on any atom is -0.450 e. The molecule has 0 aliphatic carbocycles. The zero-order valence-electron chi connectivity index (χ0n) is 9.37. The van der Waals surface area contributed by atoms with Crippen molar-refractivity contribution in [2.24, 2.45) is 11.5 Å². The highest BCUT2D eigenvalue weighted by Crippen LogP contribution is 1.84. The van der Waals surface area contributed by atoms with Crippen molar-refractivity contribution in [1.82, 2.24) is 10.2 Å². The summed E-state index contributed by atoms with van der Waals surface area (Å²) < 4.78 is 4.73. The molecule has 1 amide bonds. The first kappa shape index (κ1) is 17.5. The normalized spacial score (nSPS) is 9.75. The fourth-order valence-electron chi connectivity index (χ4n) is 1.20. The first-order valence-electron chi connectivity index (χ1n) is 5.27. The Kier molecular flexibility index (Phi) is 13.4. The summed E-state index contributed by atoms with van der Waals surface area (Å²) in [6, 6.07) is 0. The van der Waals surface area contributed by atoms with E-state index in [0.717, 1.165) is 19.6 Å². The lowest BCUT2D eigenvalue weighted by Crippen LogP contribution is -2.40. The van der Waals surface area contributed by atoms with Crippen LogP contribution in [0.3, 0.4) is 0 Å². The number of ether oxygens (including phenoxy) is 1. The maximum atomic E-state index is 10.9. The molecule has 0 bridgehead atoms. The average molecular weight is 234 g/mol. The van der Waals surface area contributed by atoms with E-state index in [1.54, 1.807) is 6.92 Å². The van der Waals surface area contributed by atoms with Crippen molar-refractivity contribution in [3.05, 3.63) is 0 Å². The molecule has 0 rings (SSSR count). The molecule has 16 heavy (non-hydrogen) atoms. The van der Waals surface area contributed by atoms with Crippen molar-refractivity contribution in [3.63, 3.8) is 0 Å². The van der Waals surface area contributed by atoms with Gasteiger partial charge in [0.1, 0.15) is 0 Å². The van der Waals surface area contributed by atoms with Crippen molar-refractivity contribution >= 4 is 6.09 Å². The summed E-state index contributed by atoms with van der Waals surface area (Å²) in [5.74, 6) is 0. The molecule has 0 atom stereocenters. The van der Waals surface area contributed by atoms with Gasteiger partial charge in [0.25, 0.3) is 0 Å². The van der Waals surface area contributed by atoms with Crippen LogP contribution in [0.2, 0.25) is 0 Å². The number of nitrogens with one attached hydrogen (secondary N) is 1. The van der Waals surface area contributed by atoms with Gasteiger partial charge in [-0.1, -0.05) is 7.43 Å². The van der Waals surface area contributed by atoms with Crippen molar-refractivity contribution in [2.45, 2.75) is 14.4 Å². The van der Waals surface area contributed by atoms with E-state index in [1.807, 2.05) is 0 Å². The summed E-state index contributed by atoms with van der Waals surface area (Å²) in [6.07, 6.45) is -0.377. The minimum absolute atomic E-state index is 0. The van der Waals surface area contributed by atoms with Crippen LogP contribution in [0.5, 0.6) is 0 Å². The first-order valence-corrected chi connectivity index (χ1v) is 5.27. The Labute approximate surface area is 98.3 Å². The van der Waals surface area contributed by atoms with Crippen LogP contribution in [-0.2, 0) is 4.74 Å². The van der Waals surface area contributed by atoms with Gasteiger partial charge in [0.05, 0.1) is 6.61 Å². The number of rotatable bonds is 8. The van der Waals surface area contributed by atoms with Crippen molar-refractivity contribution in [2.75, 3.05) is 45.9 Å². The van der Waals surface area contributed by atoms with Gasteiger partial charge in [-0.3, -0.25) is 4.90 Å². The number of hydrogen-bond acceptors (Lipinski definition) is 5. The topological polar surface area (TPSA) is 93.6 Å². The zero-order valence-corrected chi connectivity index (χ0v) is 9.37. The molecule has 0 saturated heterocycles. The Morgan fingerprint density at radius 1 is 1.25 bits per heavy atom. The van der Waals surface area contributed by atoms with Crippen molar-refractivity contribution < 1.29 is 9.53 Å². The molecule has 0 saturated carbocycles. The molecule has 0 radical (unpaired) electrons. The Morgan fingerprint density at radius 2 is 1.81 bits per heavy atom. The van der Waals surface area contributed by atoms with Crippen LogP contribution in [0.25, 0.3) is 0 Å². The first-order chi connectivity index (χ1) is 7.24. The molecule has 0 aliphatic heterocycles. The second-order valence-corrected chi connectivity index (χ2v) is 3.07. The van der Waals surface area contributed by atoms with Crippen LogP contribution in [0.1, 0.15) is 14.4 Å². The molecule has 6 nitrogen and oxygen atoms in total. The summed E-state index contributed by atoms with van der Waals surface area (Å²) in [6.45, 7) is 6.24. The minimum atomic E-state index is -0.377. The van der Waals surface area contributed by atoms with Crippen LogP contribution >= 0.6 is 0 Å². The lowest BCUT2D eigenvalue weighted by Gasteiger charge is -2.20. The lowest BCUT2D eigenvalue weighted by atomic mass is 10.4. The Hall–Kier alpha value is -0.850. The van der Waals surface area contributed by atoms with Crippen LogP contribution in [0.4, 0.5) is 4.79 Å². The third kappa shape index (κ3) is 9.70. The predicted octanol–water partition coefficient (Wildman–Crippen LogP) is -0.412. The molecule has 0 aliphatic rings. The van der Waals surface area contributed by atoms with Crippen molar-refractivity contribution in [3.8, 4) is 0 Å². The number of carbonyl (C=O) groups excluding carboxylic acids is 1. The third-order valence-electron chi connectivity index (χ3n) is 1.86. The molecule has 5 N–H and O–H groups in total. The summed E-state index contributed by atoms with van der Waals surface area (Å²) in [5.41, 5.74) is 10.9. The molecule has 98 valence electrons. The van der Waals surface area contributed by atoms with Gasteiger partial charge >= 0.3 is 6.09 Å². The molecule has 0 aromatic carbocycles.